The maximum Gasteiger partial charge on any atom is 0.387 e. The van der Waals surface area contributed by atoms with E-state index < -0.39 is 14.7 Å². The number of alkyl halides is 2. The standard InChI is InChI=1S/C27H30F2N4O4Si/c1-18-15-21(8-10-23(18)36-26(28)29)30-27-31-24(37-32-27)11-6-19-5-9-22-20(16-19)7-12-25(34)33(22)17-35-13-14-38(2,3)4/h5-12,15-16,26H,13-14,17H2,1-4H3,(H,30,32). The zero-order valence-electron chi connectivity index (χ0n) is 21.7. The van der Waals surface area contributed by atoms with E-state index in [1.807, 2.05) is 24.3 Å². The van der Waals surface area contributed by atoms with E-state index in [4.69, 9.17) is 9.26 Å². The summed E-state index contributed by atoms with van der Waals surface area (Å²) in [6.07, 6.45) is 3.51. The van der Waals surface area contributed by atoms with Crippen molar-refractivity contribution in [3.63, 3.8) is 0 Å². The Morgan fingerprint density at radius 2 is 1.92 bits per heavy atom. The Labute approximate surface area is 219 Å². The van der Waals surface area contributed by atoms with Crippen molar-refractivity contribution in [1.82, 2.24) is 14.7 Å². The maximum absolute atomic E-state index is 12.5. The molecule has 4 rings (SSSR count). The van der Waals surface area contributed by atoms with Gasteiger partial charge in [-0.3, -0.25) is 9.36 Å². The number of pyridine rings is 1. The Morgan fingerprint density at radius 3 is 2.66 bits per heavy atom. The number of benzene rings is 2. The first-order valence-corrected chi connectivity index (χ1v) is 15.8. The van der Waals surface area contributed by atoms with Gasteiger partial charge in [-0.2, -0.15) is 13.8 Å². The molecule has 0 aliphatic carbocycles. The van der Waals surface area contributed by atoms with Crippen LogP contribution in [0.1, 0.15) is 17.0 Å². The highest BCUT2D eigenvalue weighted by molar-refractivity contribution is 6.76. The molecule has 0 amide bonds. The van der Waals surface area contributed by atoms with Crippen molar-refractivity contribution < 1.29 is 22.8 Å². The molecule has 0 saturated heterocycles. The molecule has 38 heavy (non-hydrogen) atoms. The van der Waals surface area contributed by atoms with Gasteiger partial charge in [0.15, 0.2) is 0 Å². The Hall–Kier alpha value is -3.83. The predicted molar refractivity (Wildman–Crippen MR) is 147 cm³/mol. The number of hydrogen-bond acceptors (Lipinski definition) is 7. The summed E-state index contributed by atoms with van der Waals surface area (Å²) in [4.78, 5) is 16.7. The summed E-state index contributed by atoms with van der Waals surface area (Å²) >= 11 is 0. The molecule has 0 fully saturated rings. The van der Waals surface area contributed by atoms with Crippen molar-refractivity contribution in [3.8, 4) is 5.75 Å². The van der Waals surface area contributed by atoms with Gasteiger partial charge in [0, 0.05) is 32.5 Å². The molecule has 2 aromatic carbocycles. The van der Waals surface area contributed by atoms with Crippen LogP contribution in [-0.4, -0.2) is 36.0 Å². The Balaban J connectivity index is 1.42. The zero-order valence-corrected chi connectivity index (χ0v) is 22.7. The molecule has 200 valence electrons. The number of fused-ring (bicyclic) bond motifs is 1. The first-order valence-electron chi connectivity index (χ1n) is 12.1. The van der Waals surface area contributed by atoms with E-state index in [1.54, 1.807) is 41.8 Å². The van der Waals surface area contributed by atoms with E-state index >= 15 is 0 Å². The number of aromatic nitrogens is 3. The fraction of sp³-hybridized carbons (Fsp3) is 0.296. The molecule has 2 heterocycles. The summed E-state index contributed by atoms with van der Waals surface area (Å²) in [7, 11) is -1.20. The molecule has 0 aliphatic heterocycles. The van der Waals surface area contributed by atoms with Gasteiger partial charge in [0.25, 0.3) is 17.4 Å². The topological polar surface area (TPSA) is 91.4 Å². The van der Waals surface area contributed by atoms with Crippen LogP contribution in [0.15, 0.2) is 57.8 Å². The van der Waals surface area contributed by atoms with Crippen molar-refractivity contribution in [1.29, 1.82) is 0 Å². The average Bonchev–Trinajstić information content (AvgIpc) is 3.29. The van der Waals surface area contributed by atoms with Gasteiger partial charge >= 0.3 is 6.61 Å². The van der Waals surface area contributed by atoms with Gasteiger partial charge < -0.3 is 19.3 Å². The number of anilines is 2. The van der Waals surface area contributed by atoms with Crippen LogP contribution in [0.25, 0.3) is 23.1 Å². The Morgan fingerprint density at radius 1 is 1.11 bits per heavy atom. The van der Waals surface area contributed by atoms with Crippen LogP contribution in [0.5, 0.6) is 5.75 Å². The summed E-state index contributed by atoms with van der Waals surface area (Å²) in [6.45, 7) is 6.50. The lowest BCUT2D eigenvalue weighted by atomic mass is 10.1. The second kappa shape index (κ2) is 11.7. The highest BCUT2D eigenvalue weighted by atomic mass is 28.3. The third-order valence-electron chi connectivity index (χ3n) is 5.74. The van der Waals surface area contributed by atoms with Crippen LogP contribution >= 0.6 is 0 Å². The van der Waals surface area contributed by atoms with Crippen molar-refractivity contribution in [2.75, 3.05) is 11.9 Å². The van der Waals surface area contributed by atoms with Crippen LogP contribution in [0.3, 0.4) is 0 Å². The van der Waals surface area contributed by atoms with E-state index in [9.17, 15) is 13.6 Å². The lowest BCUT2D eigenvalue weighted by Gasteiger charge is -2.16. The van der Waals surface area contributed by atoms with E-state index in [0.717, 1.165) is 22.5 Å². The first-order chi connectivity index (χ1) is 18.1. The summed E-state index contributed by atoms with van der Waals surface area (Å²) in [5, 5.41) is 7.78. The Kier molecular flexibility index (Phi) is 8.37. The van der Waals surface area contributed by atoms with Gasteiger partial charge in [0.05, 0.1) is 5.52 Å². The Bertz CT molecular complexity index is 1490. The molecule has 0 unspecified atom stereocenters. The maximum atomic E-state index is 12.5. The third kappa shape index (κ3) is 7.36. The molecule has 0 atom stereocenters. The summed E-state index contributed by atoms with van der Waals surface area (Å²) in [5.41, 5.74) is 2.72. The third-order valence-corrected chi connectivity index (χ3v) is 7.44. The zero-order chi connectivity index (χ0) is 27.3. The molecule has 2 aromatic heterocycles. The fourth-order valence-electron chi connectivity index (χ4n) is 3.70. The van der Waals surface area contributed by atoms with Crippen molar-refractivity contribution in [2.24, 2.45) is 0 Å². The minimum Gasteiger partial charge on any atom is -0.435 e. The van der Waals surface area contributed by atoms with E-state index in [2.05, 4.69) is 39.8 Å². The monoisotopic (exact) mass is 540 g/mol. The normalized spacial score (nSPS) is 12.1. The molecule has 4 aromatic rings. The minimum absolute atomic E-state index is 0.101. The first kappa shape index (κ1) is 27.2. The van der Waals surface area contributed by atoms with Gasteiger partial charge in [0.1, 0.15) is 12.5 Å². The lowest BCUT2D eigenvalue weighted by Crippen LogP contribution is -2.24. The van der Waals surface area contributed by atoms with Crippen molar-refractivity contribution in [3.05, 3.63) is 75.9 Å². The molecule has 11 heteroatoms. The predicted octanol–water partition coefficient (Wildman–Crippen LogP) is 6.52. The fourth-order valence-corrected chi connectivity index (χ4v) is 4.46. The van der Waals surface area contributed by atoms with E-state index in [0.29, 0.717) is 17.9 Å². The summed E-state index contributed by atoms with van der Waals surface area (Å²) in [5.74, 6) is 0.607. The number of hydrogen-bond donors (Lipinski definition) is 1. The molecule has 0 bridgehead atoms. The van der Waals surface area contributed by atoms with Crippen LogP contribution < -0.4 is 15.6 Å². The number of nitrogens with zero attached hydrogens (tertiary/aromatic N) is 3. The van der Waals surface area contributed by atoms with Gasteiger partial charge in [-0.1, -0.05) is 25.7 Å². The molecular formula is C27H30F2N4O4Si. The quantitative estimate of drug-likeness (QED) is 0.171. The van der Waals surface area contributed by atoms with Crippen molar-refractivity contribution in [2.45, 2.75) is 46.0 Å². The van der Waals surface area contributed by atoms with E-state index in [-0.39, 0.29) is 29.9 Å². The van der Waals surface area contributed by atoms with Crippen LogP contribution in [-0.2, 0) is 11.5 Å². The lowest BCUT2D eigenvalue weighted by molar-refractivity contribution is -0.0502. The van der Waals surface area contributed by atoms with Gasteiger partial charge in [0.2, 0.25) is 0 Å². The number of rotatable bonds is 11. The number of aryl methyl sites for hydroxylation is 1. The largest absolute Gasteiger partial charge is 0.435 e. The van der Waals surface area contributed by atoms with Gasteiger partial charge in [-0.15, -0.1) is 0 Å². The van der Waals surface area contributed by atoms with Gasteiger partial charge in [-0.05, 0) is 77.1 Å². The molecule has 8 nitrogen and oxygen atoms in total. The molecule has 0 spiro atoms. The molecular weight excluding hydrogens is 510 g/mol. The second-order valence-electron chi connectivity index (χ2n) is 10.0. The minimum atomic E-state index is -2.88. The van der Waals surface area contributed by atoms with Crippen LogP contribution in [0, 0.1) is 6.92 Å². The summed E-state index contributed by atoms with van der Waals surface area (Å²) in [6, 6.07) is 14.8. The van der Waals surface area contributed by atoms with E-state index in [1.165, 1.54) is 6.07 Å². The average molecular weight is 541 g/mol. The number of halogens is 2. The van der Waals surface area contributed by atoms with Gasteiger partial charge in [-0.25, -0.2) is 0 Å². The summed E-state index contributed by atoms with van der Waals surface area (Å²) < 4.78 is 42.1. The smallest absolute Gasteiger partial charge is 0.387 e. The number of ether oxygens (including phenoxy) is 2. The van der Waals surface area contributed by atoms with Crippen LogP contribution in [0.4, 0.5) is 20.4 Å². The molecule has 0 aliphatic rings. The molecule has 1 N–H and O–H groups in total. The number of nitrogens with one attached hydrogen (secondary N) is 1. The second-order valence-corrected chi connectivity index (χ2v) is 15.7. The highest BCUT2D eigenvalue weighted by Gasteiger charge is 2.13. The molecule has 0 saturated carbocycles. The molecule has 0 radical (unpaired) electrons. The SMILES string of the molecule is Cc1cc(Nc2noc(C=Cc3ccc4c(ccc(=O)n4COCC[Si](C)(C)C)c3)n2)ccc1OC(F)F. The van der Waals surface area contributed by atoms with Crippen molar-refractivity contribution >= 4 is 42.8 Å². The van der Waals surface area contributed by atoms with Crippen LogP contribution in [0.2, 0.25) is 25.7 Å². The highest BCUT2D eigenvalue weighted by Crippen LogP contribution is 2.25.